The van der Waals surface area contributed by atoms with Gasteiger partial charge in [0.05, 0.1) is 12.8 Å². The molecule has 1 aliphatic carbocycles. The summed E-state index contributed by atoms with van der Waals surface area (Å²) in [7, 11) is 0. The molecule has 2 aromatic heterocycles. The molecule has 2 aromatic rings. The zero-order valence-electron chi connectivity index (χ0n) is 10.3. The Kier molecular flexibility index (Phi) is 2.95. The summed E-state index contributed by atoms with van der Waals surface area (Å²) in [5.41, 5.74) is 0.0718. The molecule has 0 saturated heterocycles. The quantitative estimate of drug-likeness (QED) is 0.892. The van der Waals surface area contributed by atoms with Crippen molar-refractivity contribution in [2.45, 2.75) is 25.4 Å². The van der Waals surface area contributed by atoms with Crippen LogP contribution in [0.3, 0.4) is 0 Å². The molecule has 0 bridgehead atoms. The minimum Gasteiger partial charge on any atom is -0.477 e. The number of carbonyl (C=O) groups is 1. The smallest absolute Gasteiger partial charge is 0.354 e. The van der Waals surface area contributed by atoms with Crippen LogP contribution in [0, 0.1) is 0 Å². The van der Waals surface area contributed by atoms with Crippen molar-refractivity contribution < 1.29 is 14.3 Å². The van der Waals surface area contributed by atoms with E-state index in [1.807, 2.05) is 18.2 Å². The van der Waals surface area contributed by atoms with Crippen molar-refractivity contribution in [1.29, 1.82) is 0 Å². The molecule has 0 aromatic carbocycles. The van der Waals surface area contributed by atoms with Gasteiger partial charge in [0, 0.05) is 6.04 Å². The SMILES string of the molecule is O=C(O)c1cccc(N(Cc2ccco2)C2CC2)n1. The van der Waals surface area contributed by atoms with Crippen LogP contribution in [0.4, 0.5) is 5.82 Å². The van der Waals surface area contributed by atoms with E-state index in [0.29, 0.717) is 18.4 Å². The fourth-order valence-corrected chi connectivity index (χ4v) is 2.06. The molecule has 1 aliphatic rings. The summed E-state index contributed by atoms with van der Waals surface area (Å²) >= 11 is 0. The Morgan fingerprint density at radius 3 is 2.84 bits per heavy atom. The molecule has 0 amide bonds. The van der Waals surface area contributed by atoms with E-state index in [-0.39, 0.29) is 5.69 Å². The van der Waals surface area contributed by atoms with Gasteiger partial charge in [-0.2, -0.15) is 0 Å². The Morgan fingerprint density at radius 2 is 2.21 bits per heavy atom. The van der Waals surface area contributed by atoms with Gasteiger partial charge >= 0.3 is 5.97 Å². The van der Waals surface area contributed by atoms with Gasteiger partial charge in [-0.15, -0.1) is 0 Å². The lowest BCUT2D eigenvalue weighted by molar-refractivity contribution is 0.0690. The molecule has 0 aliphatic heterocycles. The lowest BCUT2D eigenvalue weighted by Gasteiger charge is -2.22. The minimum absolute atomic E-state index is 0.0718. The lowest BCUT2D eigenvalue weighted by atomic mass is 10.3. The summed E-state index contributed by atoms with van der Waals surface area (Å²) in [6.07, 6.45) is 3.86. The third-order valence-corrected chi connectivity index (χ3v) is 3.14. The molecule has 5 heteroatoms. The van der Waals surface area contributed by atoms with Gasteiger partial charge in [-0.3, -0.25) is 0 Å². The van der Waals surface area contributed by atoms with E-state index in [2.05, 4.69) is 9.88 Å². The largest absolute Gasteiger partial charge is 0.477 e. The highest BCUT2D eigenvalue weighted by Crippen LogP contribution is 2.32. The average molecular weight is 258 g/mol. The van der Waals surface area contributed by atoms with E-state index in [9.17, 15) is 4.79 Å². The molecule has 5 nitrogen and oxygen atoms in total. The van der Waals surface area contributed by atoms with Crippen molar-refractivity contribution in [3.05, 3.63) is 48.0 Å². The van der Waals surface area contributed by atoms with E-state index in [1.54, 1.807) is 12.3 Å². The monoisotopic (exact) mass is 258 g/mol. The van der Waals surface area contributed by atoms with Gasteiger partial charge < -0.3 is 14.4 Å². The molecule has 3 rings (SSSR count). The van der Waals surface area contributed by atoms with Crippen LogP contribution in [0.2, 0.25) is 0 Å². The zero-order chi connectivity index (χ0) is 13.2. The number of pyridine rings is 1. The first kappa shape index (κ1) is 11.8. The lowest BCUT2D eigenvalue weighted by Crippen LogP contribution is -2.26. The molecule has 1 saturated carbocycles. The van der Waals surface area contributed by atoms with Gasteiger partial charge in [0.2, 0.25) is 0 Å². The number of hydrogen-bond acceptors (Lipinski definition) is 4. The van der Waals surface area contributed by atoms with Gasteiger partial charge in [-0.05, 0) is 37.1 Å². The molecule has 19 heavy (non-hydrogen) atoms. The second-order valence-electron chi connectivity index (χ2n) is 4.62. The molecule has 0 atom stereocenters. The number of anilines is 1. The Labute approximate surface area is 110 Å². The van der Waals surface area contributed by atoms with Gasteiger partial charge in [-0.1, -0.05) is 6.07 Å². The van der Waals surface area contributed by atoms with Crippen molar-refractivity contribution >= 4 is 11.8 Å². The summed E-state index contributed by atoms with van der Waals surface area (Å²) in [6, 6.07) is 9.26. The number of carboxylic acids is 1. The maximum Gasteiger partial charge on any atom is 0.354 e. The van der Waals surface area contributed by atoms with Gasteiger partial charge in [0.15, 0.2) is 5.69 Å². The van der Waals surface area contributed by atoms with Crippen molar-refractivity contribution in [1.82, 2.24) is 4.98 Å². The number of furan rings is 1. The summed E-state index contributed by atoms with van der Waals surface area (Å²) in [4.78, 5) is 17.3. The van der Waals surface area contributed by atoms with Gasteiger partial charge in [0.1, 0.15) is 11.6 Å². The van der Waals surface area contributed by atoms with Crippen molar-refractivity contribution in [3.8, 4) is 0 Å². The standard InChI is InChI=1S/C14H14N2O3/c17-14(18)12-4-1-5-13(15-12)16(10-6-7-10)9-11-3-2-8-19-11/h1-5,8,10H,6-7,9H2,(H,17,18). The third-order valence-electron chi connectivity index (χ3n) is 3.14. The molecule has 98 valence electrons. The van der Waals surface area contributed by atoms with Crippen LogP contribution >= 0.6 is 0 Å². The average Bonchev–Trinajstić information content (AvgIpc) is 3.13. The highest BCUT2D eigenvalue weighted by atomic mass is 16.4. The summed E-state index contributed by atoms with van der Waals surface area (Å²) in [5.74, 6) is 0.545. The van der Waals surface area contributed by atoms with E-state index in [0.717, 1.165) is 18.6 Å². The first-order valence-electron chi connectivity index (χ1n) is 6.23. The topological polar surface area (TPSA) is 66.6 Å². The van der Waals surface area contributed by atoms with E-state index >= 15 is 0 Å². The summed E-state index contributed by atoms with van der Waals surface area (Å²) < 4.78 is 5.36. The molecule has 0 spiro atoms. The molecule has 1 fully saturated rings. The second kappa shape index (κ2) is 4.76. The minimum atomic E-state index is -1.00. The van der Waals surface area contributed by atoms with Gasteiger partial charge in [0.25, 0.3) is 0 Å². The number of nitrogens with zero attached hydrogens (tertiary/aromatic N) is 2. The van der Waals surface area contributed by atoms with E-state index in [4.69, 9.17) is 9.52 Å². The first-order chi connectivity index (χ1) is 9.24. The number of aromatic nitrogens is 1. The summed E-state index contributed by atoms with van der Waals surface area (Å²) in [5, 5.41) is 9.00. The Hall–Kier alpha value is -2.30. The highest BCUT2D eigenvalue weighted by Gasteiger charge is 2.30. The van der Waals surface area contributed by atoms with Crippen LogP contribution in [0.15, 0.2) is 41.0 Å². The molecule has 0 unspecified atom stereocenters. The van der Waals surface area contributed by atoms with Crippen molar-refractivity contribution in [2.75, 3.05) is 4.90 Å². The highest BCUT2D eigenvalue weighted by molar-refractivity contribution is 5.85. The number of rotatable bonds is 5. The molecule has 0 radical (unpaired) electrons. The van der Waals surface area contributed by atoms with Crippen LogP contribution in [0.5, 0.6) is 0 Å². The maximum atomic E-state index is 11.0. The molecule has 2 heterocycles. The fraction of sp³-hybridized carbons (Fsp3) is 0.286. The van der Waals surface area contributed by atoms with Crippen LogP contribution in [-0.2, 0) is 6.54 Å². The van der Waals surface area contributed by atoms with Crippen LogP contribution in [0.25, 0.3) is 0 Å². The van der Waals surface area contributed by atoms with Gasteiger partial charge in [-0.25, -0.2) is 9.78 Å². The number of aromatic carboxylic acids is 1. The summed E-state index contributed by atoms with van der Waals surface area (Å²) in [6.45, 7) is 0.619. The van der Waals surface area contributed by atoms with E-state index < -0.39 is 5.97 Å². The number of carboxylic acid groups (broad SMARTS) is 1. The zero-order valence-corrected chi connectivity index (χ0v) is 10.3. The van der Waals surface area contributed by atoms with E-state index in [1.165, 1.54) is 6.07 Å². The number of hydrogen-bond donors (Lipinski definition) is 1. The molecular formula is C14H14N2O3. The molecular weight excluding hydrogens is 244 g/mol. The fourth-order valence-electron chi connectivity index (χ4n) is 2.06. The first-order valence-corrected chi connectivity index (χ1v) is 6.23. The Balaban J connectivity index is 1.87. The Bertz CT molecular complexity index is 576. The third kappa shape index (κ3) is 2.59. The van der Waals surface area contributed by atoms with Crippen LogP contribution in [0.1, 0.15) is 29.1 Å². The van der Waals surface area contributed by atoms with Crippen LogP contribution in [-0.4, -0.2) is 22.1 Å². The Morgan fingerprint density at radius 1 is 1.37 bits per heavy atom. The normalized spacial score (nSPS) is 14.3. The molecule has 1 N–H and O–H groups in total. The maximum absolute atomic E-state index is 11.0. The van der Waals surface area contributed by atoms with Crippen molar-refractivity contribution in [3.63, 3.8) is 0 Å². The second-order valence-corrected chi connectivity index (χ2v) is 4.62. The van der Waals surface area contributed by atoms with Crippen molar-refractivity contribution in [2.24, 2.45) is 0 Å². The predicted molar refractivity (Wildman–Crippen MR) is 69.1 cm³/mol. The predicted octanol–water partition coefficient (Wildman–Crippen LogP) is 2.54. The van der Waals surface area contributed by atoms with Crippen LogP contribution < -0.4 is 4.90 Å².